The van der Waals surface area contributed by atoms with Gasteiger partial charge < -0.3 is 14.6 Å². The zero-order valence-electron chi connectivity index (χ0n) is 11.9. The van der Waals surface area contributed by atoms with Crippen molar-refractivity contribution in [2.75, 3.05) is 13.6 Å². The molecular formula is C15H17N3O3. The first-order valence-electron chi connectivity index (χ1n) is 6.55. The Bertz CT molecular complexity index is 620. The predicted octanol–water partition coefficient (Wildman–Crippen LogP) is 1.67. The van der Waals surface area contributed by atoms with Gasteiger partial charge in [-0.25, -0.2) is 4.98 Å². The van der Waals surface area contributed by atoms with Gasteiger partial charge in [0.1, 0.15) is 0 Å². The number of carbonyl (C=O) groups is 2. The number of carboxylic acid groups (broad SMARTS) is 1. The minimum atomic E-state index is -0.912. The molecule has 1 heterocycles. The Balaban J connectivity index is 2.07. The van der Waals surface area contributed by atoms with E-state index in [1.165, 1.54) is 4.90 Å². The summed E-state index contributed by atoms with van der Waals surface area (Å²) in [5.74, 6) is -1.70. The molecule has 0 saturated carbocycles. The Morgan fingerprint density at radius 1 is 1.33 bits per heavy atom. The Morgan fingerprint density at radius 3 is 2.52 bits per heavy atom. The number of imidazole rings is 1. The summed E-state index contributed by atoms with van der Waals surface area (Å²) in [5.41, 5.74) is 1.43. The van der Waals surface area contributed by atoms with Crippen LogP contribution in [0.1, 0.15) is 17.3 Å². The quantitative estimate of drug-likeness (QED) is 0.907. The number of amides is 1. The van der Waals surface area contributed by atoms with Gasteiger partial charge in [-0.05, 0) is 24.3 Å². The van der Waals surface area contributed by atoms with Gasteiger partial charge in [0.2, 0.25) is 0 Å². The zero-order valence-corrected chi connectivity index (χ0v) is 11.9. The number of rotatable bonds is 5. The first kappa shape index (κ1) is 14.8. The number of hydrogen-bond acceptors (Lipinski definition) is 3. The first-order valence-corrected chi connectivity index (χ1v) is 6.55. The summed E-state index contributed by atoms with van der Waals surface area (Å²) >= 11 is 0. The van der Waals surface area contributed by atoms with Gasteiger partial charge in [0.05, 0.1) is 12.2 Å². The van der Waals surface area contributed by atoms with Crippen LogP contribution < -0.4 is 0 Å². The molecule has 0 spiro atoms. The van der Waals surface area contributed by atoms with Crippen molar-refractivity contribution >= 4 is 11.9 Å². The molecule has 0 aliphatic rings. The van der Waals surface area contributed by atoms with E-state index in [4.69, 9.17) is 5.11 Å². The molecule has 2 aromatic rings. The van der Waals surface area contributed by atoms with E-state index in [0.29, 0.717) is 5.56 Å². The minimum Gasteiger partial charge on any atom is -0.481 e. The lowest BCUT2D eigenvalue weighted by Gasteiger charge is -2.19. The number of carbonyl (C=O) groups excluding carboxylic acids is 1. The average Bonchev–Trinajstić information content (AvgIpc) is 3.00. The van der Waals surface area contributed by atoms with Gasteiger partial charge in [-0.3, -0.25) is 9.59 Å². The molecule has 0 radical (unpaired) electrons. The van der Waals surface area contributed by atoms with Crippen LogP contribution in [-0.2, 0) is 4.79 Å². The molecule has 0 saturated heterocycles. The van der Waals surface area contributed by atoms with Crippen LogP contribution in [0.25, 0.3) is 5.69 Å². The summed E-state index contributed by atoms with van der Waals surface area (Å²) in [6, 6.07) is 7.09. The van der Waals surface area contributed by atoms with Crippen LogP contribution in [0.5, 0.6) is 0 Å². The maximum atomic E-state index is 12.2. The smallest absolute Gasteiger partial charge is 0.308 e. The summed E-state index contributed by atoms with van der Waals surface area (Å²) in [4.78, 5) is 28.4. The minimum absolute atomic E-state index is 0.178. The monoisotopic (exact) mass is 287 g/mol. The average molecular weight is 287 g/mol. The topological polar surface area (TPSA) is 75.4 Å². The lowest BCUT2D eigenvalue weighted by Crippen LogP contribution is -2.33. The second-order valence-corrected chi connectivity index (χ2v) is 4.94. The highest BCUT2D eigenvalue weighted by molar-refractivity contribution is 5.94. The Morgan fingerprint density at radius 2 is 2.00 bits per heavy atom. The molecule has 1 atom stereocenters. The molecule has 0 aliphatic carbocycles. The fourth-order valence-electron chi connectivity index (χ4n) is 1.98. The van der Waals surface area contributed by atoms with E-state index in [2.05, 4.69) is 4.98 Å². The zero-order chi connectivity index (χ0) is 15.4. The van der Waals surface area contributed by atoms with E-state index < -0.39 is 11.9 Å². The summed E-state index contributed by atoms with van der Waals surface area (Å²) in [7, 11) is 1.60. The van der Waals surface area contributed by atoms with Gasteiger partial charge in [0, 0.05) is 37.2 Å². The van der Waals surface area contributed by atoms with Crippen molar-refractivity contribution < 1.29 is 14.7 Å². The van der Waals surface area contributed by atoms with Crippen molar-refractivity contribution in [1.29, 1.82) is 0 Å². The maximum absolute atomic E-state index is 12.2. The molecule has 1 aromatic carbocycles. The Labute approximate surface area is 122 Å². The fraction of sp³-hybridized carbons (Fsp3) is 0.267. The molecule has 110 valence electrons. The van der Waals surface area contributed by atoms with Crippen molar-refractivity contribution in [3.8, 4) is 5.69 Å². The molecule has 0 fully saturated rings. The predicted molar refractivity (Wildman–Crippen MR) is 77.3 cm³/mol. The fourth-order valence-corrected chi connectivity index (χ4v) is 1.98. The van der Waals surface area contributed by atoms with E-state index in [1.54, 1.807) is 38.6 Å². The second kappa shape index (κ2) is 6.21. The van der Waals surface area contributed by atoms with Crippen molar-refractivity contribution in [3.05, 3.63) is 48.5 Å². The number of nitrogens with zero attached hydrogens (tertiary/aromatic N) is 3. The molecule has 21 heavy (non-hydrogen) atoms. The molecule has 1 aromatic heterocycles. The van der Waals surface area contributed by atoms with Gasteiger partial charge in [-0.1, -0.05) is 6.92 Å². The van der Waals surface area contributed by atoms with Gasteiger partial charge in [0.15, 0.2) is 0 Å². The van der Waals surface area contributed by atoms with E-state index in [9.17, 15) is 9.59 Å². The molecule has 0 bridgehead atoms. The van der Waals surface area contributed by atoms with Gasteiger partial charge >= 0.3 is 5.97 Å². The largest absolute Gasteiger partial charge is 0.481 e. The third kappa shape index (κ3) is 3.47. The number of aliphatic carboxylic acids is 1. The van der Waals surface area contributed by atoms with E-state index in [1.807, 2.05) is 22.9 Å². The molecule has 2 rings (SSSR count). The maximum Gasteiger partial charge on any atom is 0.308 e. The van der Waals surface area contributed by atoms with Crippen LogP contribution in [-0.4, -0.2) is 45.0 Å². The lowest BCUT2D eigenvalue weighted by molar-refractivity contribution is -0.141. The number of hydrogen-bond donors (Lipinski definition) is 1. The van der Waals surface area contributed by atoms with Gasteiger partial charge in [-0.2, -0.15) is 0 Å². The van der Waals surface area contributed by atoms with Crippen LogP contribution in [0.3, 0.4) is 0 Å². The molecule has 6 nitrogen and oxygen atoms in total. The second-order valence-electron chi connectivity index (χ2n) is 4.94. The highest BCUT2D eigenvalue weighted by Gasteiger charge is 2.18. The third-order valence-corrected chi connectivity index (χ3v) is 3.23. The van der Waals surface area contributed by atoms with Gasteiger partial charge in [-0.15, -0.1) is 0 Å². The Hall–Kier alpha value is -2.63. The molecule has 0 aliphatic heterocycles. The van der Waals surface area contributed by atoms with Crippen LogP contribution in [0, 0.1) is 5.92 Å². The summed E-state index contributed by atoms with van der Waals surface area (Å²) in [6.07, 6.45) is 5.18. The summed E-state index contributed by atoms with van der Waals surface area (Å²) in [5, 5.41) is 8.88. The van der Waals surface area contributed by atoms with Crippen LogP contribution in [0.2, 0.25) is 0 Å². The SMILES string of the molecule is CC(CN(C)C(=O)c1ccc(-n2ccnc2)cc1)C(=O)O. The van der Waals surface area contributed by atoms with E-state index >= 15 is 0 Å². The first-order chi connectivity index (χ1) is 9.99. The summed E-state index contributed by atoms with van der Waals surface area (Å²) in [6.45, 7) is 1.76. The molecular weight excluding hydrogens is 270 g/mol. The van der Waals surface area contributed by atoms with Gasteiger partial charge in [0.25, 0.3) is 5.91 Å². The number of aromatic nitrogens is 2. The molecule has 1 amide bonds. The lowest BCUT2D eigenvalue weighted by atomic mass is 10.1. The highest BCUT2D eigenvalue weighted by atomic mass is 16.4. The normalized spacial score (nSPS) is 11.9. The number of benzene rings is 1. The Kier molecular flexibility index (Phi) is 4.37. The number of carboxylic acids is 1. The van der Waals surface area contributed by atoms with Crippen LogP contribution in [0.15, 0.2) is 43.0 Å². The molecule has 1 unspecified atom stereocenters. The summed E-state index contributed by atoms with van der Waals surface area (Å²) < 4.78 is 1.84. The van der Waals surface area contributed by atoms with Crippen molar-refractivity contribution in [2.45, 2.75) is 6.92 Å². The standard InChI is InChI=1S/C15H17N3O3/c1-11(15(20)21)9-17(2)14(19)12-3-5-13(6-4-12)18-8-7-16-10-18/h3-8,10-11H,9H2,1-2H3,(H,20,21). The highest BCUT2D eigenvalue weighted by Crippen LogP contribution is 2.11. The van der Waals surface area contributed by atoms with Crippen molar-refractivity contribution in [1.82, 2.24) is 14.5 Å². The van der Waals surface area contributed by atoms with E-state index in [0.717, 1.165) is 5.69 Å². The van der Waals surface area contributed by atoms with Crippen molar-refractivity contribution in [3.63, 3.8) is 0 Å². The third-order valence-electron chi connectivity index (χ3n) is 3.23. The molecule has 6 heteroatoms. The molecule has 1 N–H and O–H groups in total. The van der Waals surface area contributed by atoms with E-state index in [-0.39, 0.29) is 12.5 Å². The van der Waals surface area contributed by atoms with Crippen molar-refractivity contribution in [2.24, 2.45) is 5.92 Å². The van der Waals surface area contributed by atoms with Crippen LogP contribution in [0.4, 0.5) is 0 Å². The van der Waals surface area contributed by atoms with Crippen LogP contribution >= 0.6 is 0 Å².